The van der Waals surface area contributed by atoms with Gasteiger partial charge < -0.3 is 11.4 Å². The second-order valence-corrected chi connectivity index (χ2v) is 8.15. The molecule has 0 N–H and O–H groups in total. The smallest absolute Gasteiger partial charge is 0.588 e. The van der Waals surface area contributed by atoms with Crippen LogP contribution in [0, 0.1) is 0 Å². The first-order valence-corrected chi connectivity index (χ1v) is 10.5. The summed E-state index contributed by atoms with van der Waals surface area (Å²) in [6, 6.07) is 23.0. The van der Waals surface area contributed by atoms with Crippen LogP contribution < -0.4 is 7.58 Å². The lowest BCUT2D eigenvalue weighted by Crippen LogP contribution is -2.36. The quantitative estimate of drug-likeness (QED) is 0.380. The highest BCUT2D eigenvalue weighted by atomic mass is 27.3. The van der Waals surface area contributed by atoms with E-state index in [9.17, 15) is 13.2 Å². The van der Waals surface area contributed by atoms with E-state index in [1.165, 1.54) is 0 Å². The normalized spacial score (nSPS) is 13.4. The summed E-state index contributed by atoms with van der Waals surface area (Å²) in [5, 5.41) is 3.89. The Balaban J connectivity index is 1.76. The lowest BCUT2D eigenvalue weighted by Gasteiger charge is -2.15. The zero-order chi connectivity index (χ0) is 20.0. The molecule has 29 heavy (non-hydrogen) atoms. The van der Waals surface area contributed by atoms with Crippen LogP contribution in [0.15, 0.2) is 72.8 Å². The summed E-state index contributed by atoms with van der Waals surface area (Å²) in [5.41, 5.74) is 1.61. The van der Waals surface area contributed by atoms with Crippen molar-refractivity contribution in [2.45, 2.75) is 6.18 Å². The third-order valence-electron chi connectivity index (χ3n) is 4.86. The van der Waals surface area contributed by atoms with Crippen LogP contribution in [0.1, 0.15) is 0 Å². The second-order valence-electron chi connectivity index (χ2n) is 6.77. The zero-order valence-electron chi connectivity index (χ0n) is 15.1. The van der Waals surface area contributed by atoms with Gasteiger partial charge in [-0.05, 0) is 33.7 Å². The van der Waals surface area contributed by atoms with E-state index in [0.29, 0.717) is 11.5 Å². The number of benzene rings is 4. The number of fused-ring (bicyclic) bond motifs is 7. The van der Waals surface area contributed by atoms with Gasteiger partial charge in [-0.15, -0.1) is 0 Å². The number of hydrogen-bond donors (Lipinski definition) is 0. The molecule has 0 radical (unpaired) electrons. The van der Waals surface area contributed by atoms with Gasteiger partial charge >= 0.3 is 21.3 Å². The van der Waals surface area contributed by atoms with Gasteiger partial charge in [0.05, 0.1) is 11.5 Å². The van der Waals surface area contributed by atoms with Gasteiger partial charge in [0.25, 0.3) is 0 Å². The van der Waals surface area contributed by atoms with Crippen LogP contribution in [-0.2, 0) is 3.79 Å². The van der Waals surface area contributed by atoms with Crippen molar-refractivity contribution in [1.82, 2.24) is 0 Å². The SMILES string of the molecule is FC(F)(F)C[O][Al]1[O]c2ccc3ccccc3c2-c2c(ccc3ccccc23)[O]1. The lowest BCUT2D eigenvalue weighted by molar-refractivity contribution is -0.158. The summed E-state index contributed by atoms with van der Waals surface area (Å²) in [7, 11) is 0. The van der Waals surface area contributed by atoms with Crippen LogP contribution in [0.2, 0.25) is 0 Å². The molecule has 5 rings (SSSR count). The standard InChI is InChI=1S/C20H14O2.C2H2F3O.Al/c21-17-11-9-13-5-1-3-7-15(13)19(17)20-16-8-4-2-6-14(16)10-12-18(20)22;3-2(4,5)1-6;/h1-12,21-22H;1H2;/q;-1;+3/p-2. The molecule has 0 aromatic heterocycles. The minimum Gasteiger partial charge on any atom is -0.588 e. The van der Waals surface area contributed by atoms with Gasteiger partial charge in [-0.2, -0.15) is 13.2 Å². The van der Waals surface area contributed by atoms with Gasteiger partial charge in [0.15, 0.2) is 0 Å². The molecule has 4 aromatic rings. The van der Waals surface area contributed by atoms with Crippen LogP contribution in [0.5, 0.6) is 11.5 Å². The highest BCUT2D eigenvalue weighted by Gasteiger charge is 2.46. The van der Waals surface area contributed by atoms with Gasteiger partial charge in [-0.3, -0.25) is 0 Å². The monoisotopic (exact) mass is 410 g/mol. The summed E-state index contributed by atoms with van der Waals surface area (Å²) in [4.78, 5) is 0. The van der Waals surface area contributed by atoms with Crippen LogP contribution >= 0.6 is 0 Å². The Morgan fingerprint density at radius 1 is 0.690 bits per heavy atom. The largest absolute Gasteiger partial charge is 1.10 e. The van der Waals surface area contributed by atoms with Gasteiger partial charge in [-0.1, -0.05) is 60.7 Å². The molecule has 3 nitrogen and oxygen atoms in total. The van der Waals surface area contributed by atoms with E-state index in [0.717, 1.165) is 32.7 Å². The Morgan fingerprint density at radius 2 is 1.17 bits per heavy atom. The fourth-order valence-electron chi connectivity index (χ4n) is 3.68. The Kier molecular flexibility index (Phi) is 4.40. The first kappa shape index (κ1) is 18.3. The maximum atomic E-state index is 12.7. The number of rotatable bonds is 2. The van der Waals surface area contributed by atoms with Crippen molar-refractivity contribution >= 4 is 36.7 Å². The topological polar surface area (TPSA) is 27.7 Å². The molecule has 0 amide bonds. The number of halogens is 3. The Hall–Kier alpha value is -2.72. The summed E-state index contributed by atoms with van der Waals surface area (Å²) < 4.78 is 54.9. The van der Waals surface area contributed by atoms with E-state index in [2.05, 4.69) is 0 Å². The molecule has 7 heteroatoms. The van der Waals surface area contributed by atoms with Gasteiger partial charge in [-0.25, -0.2) is 0 Å². The van der Waals surface area contributed by atoms with Gasteiger partial charge in [0.1, 0.15) is 6.61 Å². The molecule has 0 fully saturated rings. The Labute approximate surface area is 169 Å². The molecular weight excluding hydrogens is 396 g/mol. The summed E-state index contributed by atoms with van der Waals surface area (Å²) in [6.45, 7) is -1.41. The average molecular weight is 410 g/mol. The predicted octanol–water partition coefficient (Wildman–Crippen LogP) is 6.00. The third-order valence-corrected chi connectivity index (χ3v) is 6.19. The van der Waals surface area contributed by atoms with E-state index in [4.69, 9.17) is 11.4 Å². The Bertz CT molecular complexity index is 1140. The highest BCUT2D eigenvalue weighted by molar-refractivity contribution is 6.39. The van der Waals surface area contributed by atoms with Crippen molar-refractivity contribution in [3.63, 3.8) is 0 Å². The minimum absolute atomic E-state index is 0.470. The lowest BCUT2D eigenvalue weighted by atomic mass is 9.92. The fourth-order valence-corrected chi connectivity index (χ4v) is 4.99. The Morgan fingerprint density at radius 3 is 1.66 bits per heavy atom. The van der Waals surface area contributed by atoms with E-state index in [1.54, 1.807) is 12.1 Å². The molecule has 1 aliphatic heterocycles. The van der Waals surface area contributed by atoms with Crippen molar-refractivity contribution in [2.75, 3.05) is 6.61 Å². The van der Waals surface area contributed by atoms with Crippen LogP contribution in [-0.4, -0.2) is 27.9 Å². The van der Waals surface area contributed by atoms with Crippen LogP contribution in [0.25, 0.3) is 32.7 Å². The first-order valence-electron chi connectivity index (χ1n) is 9.05. The third kappa shape index (κ3) is 3.42. The molecule has 0 atom stereocenters. The number of alkyl halides is 3. The molecule has 1 aliphatic rings. The average Bonchev–Trinajstić information content (AvgIpc) is 2.88. The molecule has 1 heterocycles. The summed E-state index contributed by atoms with van der Waals surface area (Å²) in [5.74, 6) is 0.940. The van der Waals surface area contributed by atoms with Crippen LogP contribution in [0.3, 0.4) is 0 Å². The second kappa shape index (κ2) is 6.96. The van der Waals surface area contributed by atoms with Crippen molar-refractivity contribution < 1.29 is 24.5 Å². The van der Waals surface area contributed by atoms with Gasteiger partial charge in [0.2, 0.25) is 0 Å². The molecule has 0 saturated heterocycles. The molecule has 0 aliphatic carbocycles. The van der Waals surface area contributed by atoms with E-state index in [1.807, 2.05) is 60.7 Å². The molecule has 4 aromatic carbocycles. The predicted molar refractivity (Wildman–Crippen MR) is 106 cm³/mol. The van der Waals surface area contributed by atoms with E-state index in [-0.39, 0.29) is 0 Å². The van der Waals surface area contributed by atoms with Crippen molar-refractivity contribution in [1.29, 1.82) is 0 Å². The van der Waals surface area contributed by atoms with Crippen molar-refractivity contribution in [3.05, 3.63) is 72.8 Å². The van der Waals surface area contributed by atoms with Crippen molar-refractivity contribution in [3.8, 4) is 22.6 Å². The van der Waals surface area contributed by atoms with Gasteiger partial charge in [0, 0.05) is 11.1 Å². The zero-order valence-corrected chi connectivity index (χ0v) is 16.2. The van der Waals surface area contributed by atoms with E-state index >= 15 is 0 Å². The molecular formula is C22H14AlF3O3. The number of hydrogen-bond acceptors (Lipinski definition) is 3. The van der Waals surface area contributed by atoms with Crippen molar-refractivity contribution in [2.24, 2.45) is 0 Å². The highest BCUT2D eigenvalue weighted by Crippen LogP contribution is 2.47. The fraction of sp³-hybridized carbons (Fsp3) is 0.0909. The minimum atomic E-state index is -4.45. The van der Waals surface area contributed by atoms with E-state index < -0.39 is 27.9 Å². The molecule has 0 saturated carbocycles. The van der Waals surface area contributed by atoms with Crippen LogP contribution in [0.4, 0.5) is 13.2 Å². The molecule has 0 bridgehead atoms. The molecule has 144 valence electrons. The molecule has 0 spiro atoms. The first-order chi connectivity index (χ1) is 14.0. The maximum Gasteiger partial charge on any atom is 1.10 e. The summed E-state index contributed by atoms with van der Waals surface area (Å²) in [6.07, 6.45) is -4.45. The molecule has 0 unspecified atom stereocenters. The maximum absolute atomic E-state index is 12.7. The summed E-state index contributed by atoms with van der Waals surface area (Å²) >= 11 is -3.13.